The number of carbonyl (C=O) groups is 2. The summed E-state index contributed by atoms with van der Waals surface area (Å²) in [7, 11) is 1.28. The van der Waals surface area contributed by atoms with Crippen LogP contribution in [0, 0.1) is 11.6 Å². The lowest BCUT2D eigenvalue weighted by molar-refractivity contribution is -0.136. The smallest absolute Gasteiger partial charge is 0.336 e. The minimum Gasteiger partial charge on any atom is -0.466 e. The highest BCUT2D eigenvalue weighted by Gasteiger charge is 2.47. The standard InChI is InChI=1S/C22H26F2N2O3/c1-29-21(27)20-17(16-9-7-13(23)11-18(16)24)12-15-8-10-19(20)26(15)22(28)25-14-5-3-2-4-6-14/h7,9,11,14-15,19H,2-6,8,10,12H2,1H3,(H,25,28)/t15-,19+/m0/s1. The molecule has 0 radical (unpaired) electrons. The van der Waals surface area contributed by atoms with E-state index >= 15 is 0 Å². The van der Waals surface area contributed by atoms with Gasteiger partial charge >= 0.3 is 12.0 Å². The van der Waals surface area contributed by atoms with Gasteiger partial charge in [0.2, 0.25) is 0 Å². The minimum atomic E-state index is -0.707. The number of rotatable bonds is 3. The second-order valence-electron chi connectivity index (χ2n) is 8.15. The van der Waals surface area contributed by atoms with E-state index in [0.717, 1.165) is 38.2 Å². The maximum absolute atomic E-state index is 14.5. The van der Waals surface area contributed by atoms with Crippen LogP contribution in [0.5, 0.6) is 0 Å². The van der Waals surface area contributed by atoms with Crippen molar-refractivity contribution in [2.45, 2.75) is 69.5 Å². The normalized spacial score (nSPS) is 24.6. The highest BCUT2D eigenvalue weighted by molar-refractivity contribution is 6.01. The topological polar surface area (TPSA) is 58.6 Å². The molecule has 2 heterocycles. The van der Waals surface area contributed by atoms with Crippen LogP contribution in [0.3, 0.4) is 0 Å². The van der Waals surface area contributed by atoms with Crippen molar-refractivity contribution in [1.82, 2.24) is 10.2 Å². The van der Waals surface area contributed by atoms with E-state index in [2.05, 4.69) is 5.32 Å². The Morgan fingerprint density at radius 2 is 1.86 bits per heavy atom. The average molecular weight is 404 g/mol. The number of methoxy groups -OCH3 is 1. The third-order valence-corrected chi connectivity index (χ3v) is 6.43. The van der Waals surface area contributed by atoms with Gasteiger partial charge in [-0.3, -0.25) is 0 Å². The highest BCUT2D eigenvalue weighted by Crippen LogP contribution is 2.44. The van der Waals surface area contributed by atoms with E-state index in [1.54, 1.807) is 4.90 Å². The molecule has 1 saturated heterocycles. The zero-order valence-electron chi connectivity index (χ0n) is 16.5. The second-order valence-corrected chi connectivity index (χ2v) is 8.15. The van der Waals surface area contributed by atoms with Gasteiger partial charge in [-0.2, -0.15) is 0 Å². The minimum absolute atomic E-state index is 0.114. The summed E-state index contributed by atoms with van der Waals surface area (Å²) < 4.78 is 32.9. The molecule has 0 unspecified atom stereocenters. The fourth-order valence-corrected chi connectivity index (χ4v) is 5.08. The molecule has 1 aromatic rings. The van der Waals surface area contributed by atoms with Gasteiger partial charge in [0, 0.05) is 23.7 Å². The molecule has 2 aliphatic heterocycles. The molecule has 2 bridgehead atoms. The summed E-state index contributed by atoms with van der Waals surface area (Å²) in [4.78, 5) is 27.4. The number of hydrogen-bond acceptors (Lipinski definition) is 3. The number of urea groups is 1. The van der Waals surface area contributed by atoms with E-state index < -0.39 is 23.6 Å². The SMILES string of the molecule is COC(=O)C1=C(c2ccc(F)cc2F)C[C@@H]2CC[C@H]1N2C(=O)NC1CCCCC1. The number of amides is 2. The van der Waals surface area contributed by atoms with Crippen LogP contribution in [-0.4, -0.2) is 42.1 Å². The Labute approximate surface area is 169 Å². The molecular weight excluding hydrogens is 378 g/mol. The van der Waals surface area contributed by atoms with E-state index in [-0.39, 0.29) is 23.7 Å². The van der Waals surface area contributed by atoms with Crippen molar-refractivity contribution in [3.8, 4) is 0 Å². The Balaban J connectivity index is 1.67. The van der Waals surface area contributed by atoms with Crippen LogP contribution in [0.15, 0.2) is 23.8 Å². The van der Waals surface area contributed by atoms with Crippen molar-refractivity contribution in [3.05, 3.63) is 41.0 Å². The lowest BCUT2D eigenvalue weighted by Gasteiger charge is -2.38. The number of hydrogen-bond donors (Lipinski definition) is 1. The lowest BCUT2D eigenvalue weighted by Crippen LogP contribution is -2.53. The molecule has 29 heavy (non-hydrogen) atoms. The summed E-state index contributed by atoms with van der Waals surface area (Å²) in [5, 5.41) is 3.13. The number of ether oxygens (including phenoxy) is 1. The van der Waals surface area contributed by atoms with Crippen LogP contribution >= 0.6 is 0 Å². The van der Waals surface area contributed by atoms with Gasteiger partial charge in [0.05, 0.1) is 18.7 Å². The summed E-state index contributed by atoms with van der Waals surface area (Å²) in [5.74, 6) is -1.94. The molecule has 1 saturated carbocycles. The average Bonchev–Trinajstić information content (AvgIpc) is 3.02. The Morgan fingerprint density at radius 1 is 1.10 bits per heavy atom. The zero-order valence-corrected chi connectivity index (χ0v) is 16.5. The number of halogens is 2. The fourth-order valence-electron chi connectivity index (χ4n) is 5.08. The monoisotopic (exact) mass is 404 g/mol. The molecule has 0 spiro atoms. The van der Waals surface area contributed by atoms with E-state index in [9.17, 15) is 18.4 Å². The van der Waals surface area contributed by atoms with E-state index in [1.165, 1.54) is 25.7 Å². The first-order valence-electron chi connectivity index (χ1n) is 10.3. The number of carbonyl (C=O) groups excluding carboxylic acids is 2. The Hall–Kier alpha value is -2.44. The van der Waals surface area contributed by atoms with Gasteiger partial charge in [-0.05, 0) is 49.8 Å². The summed E-state index contributed by atoms with van der Waals surface area (Å²) in [6.45, 7) is 0. The first-order chi connectivity index (χ1) is 14.0. The maximum Gasteiger partial charge on any atom is 0.336 e. The summed E-state index contributed by atoms with van der Waals surface area (Å²) in [6, 6.07) is 2.80. The molecule has 2 fully saturated rings. The Kier molecular flexibility index (Phi) is 5.56. The van der Waals surface area contributed by atoms with Crippen LogP contribution in [0.2, 0.25) is 0 Å². The maximum atomic E-state index is 14.5. The molecule has 4 rings (SSSR count). The second kappa shape index (κ2) is 8.13. The number of nitrogens with zero attached hydrogens (tertiary/aromatic N) is 1. The van der Waals surface area contributed by atoms with Crippen molar-refractivity contribution in [3.63, 3.8) is 0 Å². The van der Waals surface area contributed by atoms with Crippen LogP contribution in [0.4, 0.5) is 13.6 Å². The van der Waals surface area contributed by atoms with Gasteiger partial charge in [-0.25, -0.2) is 18.4 Å². The largest absolute Gasteiger partial charge is 0.466 e. The summed E-state index contributed by atoms with van der Waals surface area (Å²) >= 11 is 0. The molecule has 1 aromatic carbocycles. The Morgan fingerprint density at radius 3 is 2.55 bits per heavy atom. The van der Waals surface area contributed by atoms with Crippen LogP contribution in [-0.2, 0) is 9.53 Å². The predicted molar refractivity (Wildman–Crippen MR) is 104 cm³/mol. The van der Waals surface area contributed by atoms with E-state index in [1.807, 2.05) is 0 Å². The molecule has 3 aliphatic rings. The highest BCUT2D eigenvalue weighted by atomic mass is 19.1. The first-order valence-corrected chi connectivity index (χ1v) is 10.3. The van der Waals surface area contributed by atoms with Crippen molar-refractivity contribution >= 4 is 17.6 Å². The van der Waals surface area contributed by atoms with Crippen molar-refractivity contribution in [2.24, 2.45) is 0 Å². The number of esters is 1. The fraction of sp³-hybridized carbons (Fsp3) is 0.545. The number of fused-ring (bicyclic) bond motifs is 2. The molecule has 1 aliphatic carbocycles. The van der Waals surface area contributed by atoms with Gasteiger partial charge in [-0.15, -0.1) is 0 Å². The molecule has 1 N–H and O–H groups in total. The van der Waals surface area contributed by atoms with Gasteiger partial charge in [-0.1, -0.05) is 19.3 Å². The molecule has 156 valence electrons. The summed E-state index contributed by atoms with van der Waals surface area (Å²) in [6.07, 6.45) is 7.07. The molecule has 5 nitrogen and oxygen atoms in total. The third kappa shape index (κ3) is 3.74. The third-order valence-electron chi connectivity index (χ3n) is 6.43. The van der Waals surface area contributed by atoms with Crippen molar-refractivity contribution < 1.29 is 23.1 Å². The lowest BCUT2D eigenvalue weighted by atomic mass is 9.88. The van der Waals surface area contributed by atoms with Crippen LogP contribution in [0.1, 0.15) is 56.9 Å². The zero-order chi connectivity index (χ0) is 20.5. The van der Waals surface area contributed by atoms with Crippen molar-refractivity contribution in [2.75, 3.05) is 7.11 Å². The number of benzene rings is 1. The van der Waals surface area contributed by atoms with Crippen LogP contribution in [0.25, 0.3) is 5.57 Å². The molecule has 7 heteroatoms. The summed E-state index contributed by atoms with van der Waals surface area (Å²) in [5.41, 5.74) is 1.03. The molecular formula is C22H26F2N2O3. The number of nitrogens with one attached hydrogen (secondary N) is 1. The van der Waals surface area contributed by atoms with Crippen molar-refractivity contribution in [1.29, 1.82) is 0 Å². The molecule has 2 atom stereocenters. The van der Waals surface area contributed by atoms with E-state index in [4.69, 9.17) is 4.74 Å². The van der Waals surface area contributed by atoms with Crippen LogP contribution < -0.4 is 5.32 Å². The van der Waals surface area contributed by atoms with Gasteiger partial charge in [0.1, 0.15) is 11.6 Å². The molecule has 2 amide bonds. The molecule has 0 aromatic heterocycles. The quantitative estimate of drug-likeness (QED) is 0.770. The Bertz CT molecular complexity index is 848. The van der Waals surface area contributed by atoms with E-state index in [0.29, 0.717) is 24.0 Å². The van der Waals surface area contributed by atoms with Gasteiger partial charge in [0.25, 0.3) is 0 Å². The van der Waals surface area contributed by atoms with Gasteiger partial charge < -0.3 is 15.0 Å². The van der Waals surface area contributed by atoms with Gasteiger partial charge in [0.15, 0.2) is 0 Å². The predicted octanol–water partition coefficient (Wildman–Crippen LogP) is 4.17. The first kappa shape index (κ1) is 19.9.